The molecule has 0 heterocycles. The Balaban J connectivity index is 1.56. The van der Waals surface area contributed by atoms with Crippen LogP contribution in [0.1, 0.15) is 73.1 Å². The van der Waals surface area contributed by atoms with Crippen molar-refractivity contribution in [1.82, 2.24) is 16.0 Å². The van der Waals surface area contributed by atoms with Crippen LogP contribution in [0.5, 0.6) is 0 Å². The first-order valence-corrected chi connectivity index (χ1v) is 20.0. The fourth-order valence-electron chi connectivity index (χ4n) is 5.88. The van der Waals surface area contributed by atoms with Crippen molar-refractivity contribution in [1.29, 1.82) is 0 Å². The van der Waals surface area contributed by atoms with E-state index >= 15 is 0 Å². The molecular weight excluding hydrogens is 719 g/mol. The number of carbonyl (C=O) groups is 4. The molecule has 0 fully saturated rings. The molecule has 0 aliphatic heterocycles. The van der Waals surface area contributed by atoms with Crippen LogP contribution in [0.25, 0.3) is 0 Å². The molecule has 0 aromatic heterocycles. The number of hydrogen-bond acceptors (Lipinski definition) is 7. The van der Waals surface area contributed by atoms with Crippen LogP contribution < -0.4 is 25.6 Å². The van der Waals surface area contributed by atoms with E-state index in [1.165, 1.54) is 25.2 Å². The molecule has 4 aromatic carbocycles. The molecule has 1 unspecified atom stereocenters. The summed E-state index contributed by atoms with van der Waals surface area (Å²) < 4.78 is 26.0. The van der Waals surface area contributed by atoms with Crippen molar-refractivity contribution in [2.75, 3.05) is 22.9 Å². The Labute approximate surface area is 323 Å². The number of hydrogen-bond donors (Lipinski definition) is 5. The topological polar surface area (TPSA) is 174 Å². The van der Waals surface area contributed by atoms with Gasteiger partial charge in [0.1, 0.15) is 11.6 Å². The number of rotatable bonds is 18. The number of sulfonamides is 1. The second-order valence-electron chi connectivity index (χ2n) is 14.1. The summed E-state index contributed by atoms with van der Waals surface area (Å²) in [5.74, 6) is -2.50. The summed E-state index contributed by atoms with van der Waals surface area (Å²) in [6.45, 7) is 5.71. The molecule has 0 radical (unpaired) electrons. The summed E-state index contributed by atoms with van der Waals surface area (Å²) in [7, 11) is -2.44. The lowest BCUT2D eigenvalue weighted by atomic mass is 9.88. The number of benzene rings is 4. The summed E-state index contributed by atoms with van der Waals surface area (Å²) >= 11 is 0. The third kappa shape index (κ3) is 12.5. The van der Waals surface area contributed by atoms with Crippen molar-refractivity contribution in [2.45, 2.75) is 70.7 Å². The minimum absolute atomic E-state index is 0.0630. The van der Waals surface area contributed by atoms with Crippen LogP contribution in [0.3, 0.4) is 0 Å². The molecule has 13 heteroatoms. The molecule has 4 amide bonds. The highest BCUT2D eigenvalue weighted by atomic mass is 32.2. The van der Waals surface area contributed by atoms with Gasteiger partial charge < -0.3 is 26.4 Å². The monoisotopic (exact) mass is 769 g/mol. The van der Waals surface area contributed by atoms with Gasteiger partial charge in [0.15, 0.2) is 0 Å². The van der Waals surface area contributed by atoms with Crippen LogP contribution in [0.15, 0.2) is 109 Å². The largest absolute Gasteiger partial charge is 0.380 e. The van der Waals surface area contributed by atoms with Crippen LogP contribution >= 0.6 is 0 Å². The third-order valence-corrected chi connectivity index (χ3v) is 10.6. The van der Waals surface area contributed by atoms with E-state index in [9.17, 15) is 32.7 Å². The van der Waals surface area contributed by atoms with Gasteiger partial charge >= 0.3 is 0 Å². The second-order valence-corrected chi connectivity index (χ2v) is 16.1. The van der Waals surface area contributed by atoms with Gasteiger partial charge in [-0.25, -0.2) is 8.42 Å². The molecule has 4 rings (SSSR count). The molecule has 5 N–H and O–H groups in total. The predicted molar refractivity (Wildman–Crippen MR) is 215 cm³/mol. The Bertz CT molecular complexity index is 2030. The summed E-state index contributed by atoms with van der Waals surface area (Å²) in [6, 6.07) is 30.9. The van der Waals surface area contributed by atoms with Crippen LogP contribution in [-0.2, 0) is 37.4 Å². The molecule has 0 aliphatic rings. The summed E-state index contributed by atoms with van der Waals surface area (Å²) in [4.78, 5) is 54.0. The smallest absolute Gasteiger partial charge is 0.256 e. The minimum Gasteiger partial charge on any atom is -0.380 e. The van der Waals surface area contributed by atoms with Gasteiger partial charge in [0.2, 0.25) is 21.8 Å². The molecule has 55 heavy (non-hydrogen) atoms. The van der Waals surface area contributed by atoms with Gasteiger partial charge in [-0.1, -0.05) is 105 Å². The number of amides is 4. The highest BCUT2D eigenvalue weighted by molar-refractivity contribution is 7.92. The number of aliphatic hydroxyl groups is 1. The fraction of sp³-hybridized carbons (Fsp3) is 0.333. The van der Waals surface area contributed by atoms with E-state index in [1.54, 1.807) is 0 Å². The van der Waals surface area contributed by atoms with Gasteiger partial charge in [0, 0.05) is 31.3 Å². The van der Waals surface area contributed by atoms with Gasteiger partial charge in [0.05, 0.1) is 18.0 Å². The van der Waals surface area contributed by atoms with Crippen molar-refractivity contribution in [3.8, 4) is 0 Å². The Morgan fingerprint density at radius 1 is 0.782 bits per heavy atom. The lowest BCUT2D eigenvalue weighted by Crippen LogP contribution is -2.50. The van der Waals surface area contributed by atoms with Crippen molar-refractivity contribution < 1.29 is 32.7 Å². The van der Waals surface area contributed by atoms with E-state index in [-0.39, 0.29) is 60.6 Å². The van der Waals surface area contributed by atoms with Crippen LogP contribution in [0.4, 0.5) is 11.4 Å². The molecule has 0 spiro atoms. The first kappa shape index (κ1) is 42.2. The van der Waals surface area contributed by atoms with E-state index in [1.807, 2.05) is 112 Å². The highest BCUT2D eigenvalue weighted by Gasteiger charge is 2.37. The second kappa shape index (κ2) is 19.2. The normalized spacial score (nSPS) is 13.5. The van der Waals surface area contributed by atoms with E-state index < -0.39 is 39.4 Å². The minimum atomic E-state index is -3.77. The maximum absolute atomic E-state index is 14.1. The highest BCUT2D eigenvalue weighted by Crippen LogP contribution is 2.28. The number of nitrogens with one attached hydrogen (secondary N) is 4. The van der Waals surface area contributed by atoms with Crippen LogP contribution in [0, 0.1) is 5.92 Å². The summed E-state index contributed by atoms with van der Waals surface area (Å²) in [6.07, 6.45) is 0.672. The number of aryl methyl sites for hydroxylation is 1. The van der Waals surface area contributed by atoms with Crippen molar-refractivity contribution in [3.05, 3.63) is 131 Å². The van der Waals surface area contributed by atoms with Gasteiger partial charge in [-0.15, -0.1) is 0 Å². The zero-order valence-electron chi connectivity index (χ0n) is 31.9. The van der Waals surface area contributed by atoms with Crippen LogP contribution in [0.2, 0.25) is 0 Å². The molecule has 0 saturated carbocycles. The zero-order valence-corrected chi connectivity index (χ0v) is 32.7. The summed E-state index contributed by atoms with van der Waals surface area (Å²) in [5.41, 5.74) is 0.776. The van der Waals surface area contributed by atoms with Gasteiger partial charge in [-0.05, 0) is 67.0 Å². The Morgan fingerprint density at radius 2 is 1.36 bits per heavy atom. The van der Waals surface area contributed by atoms with E-state index in [4.69, 9.17) is 0 Å². The maximum atomic E-state index is 14.1. The number of carbonyl (C=O) groups excluding carboxylic acids is 4. The van der Waals surface area contributed by atoms with Gasteiger partial charge in [-0.2, -0.15) is 0 Å². The van der Waals surface area contributed by atoms with E-state index in [0.717, 1.165) is 27.3 Å². The number of anilines is 2. The first-order valence-electron chi connectivity index (χ1n) is 18.2. The van der Waals surface area contributed by atoms with Crippen molar-refractivity contribution in [3.63, 3.8) is 0 Å². The standard InChI is InChI=1S/C42H51N5O7S/c1-29(2)38(40(50)43-28-32-17-11-7-12-18-32)46-37(48)22-24-42(52,23-21-31-15-9-6-10-16-31)41(51)45-35-25-34(26-36(27-35)47(4)55(5,53)54)39(49)44-30(3)33-19-13-8-14-20-33/h6-20,25-27,29-30,38,52H,21-24,28H2,1-5H3,(H,43,50)(H,44,49)(H,45,51)(H,46,48)/t30-,38+,42?/m1/s1. The Hall–Kier alpha value is -5.53. The number of nitrogens with zero attached hydrogens (tertiary/aromatic N) is 1. The van der Waals surface area contributed by atoms with E-state index in [2.05, 4.69) is 21.3 Å². The average molecular weight is 770 g/mol. The lowest BCUT2D eigenvalue weighted by Gasteiger charge is -2.28. The molecule has 4 aromatic rings. The Kier molecular flexibility index (Phi) is 14.7. The molecule has 12 nitrogen and oxygen atoms in total. The lowest BCUT2D eigenvalue weighted by molar-refractivity contribution is -0.137. The molecular formula is C42H51N5O7S. The van der Waals surface area contributed by atoms with Crippen molar-refractivity contribution in [2.24, 2.45) is 5.92 Å². The van der Waals surface area contributed by atoms with Crippen LogP contribution in [-0.4, -0.2) is 62.1 Å². The molecule has 0 aliphatic carbocycles. The fourth-order valence-corrected chi connectivity index (χ4v) is 6.37. The predicted octanol–water partition coefficient (Wildman–Crippen LogP) is 5.11. The molecule has 0 bridgehead atoms. The average Bonchev–Trinajstić information content (AvgIpc) is 3.17. The molecule has 3 atom stereocenters. The van der Waals surface area contributed by atoms with Gasteiger partial charge in [-0.3, -0.25) is 23.5 Å². The first-order chi connectivity index (χ1) is 26.1. The van der Waals surface area contributed by atoms with Crippen molar-refractivity contribution >= 4 is 45.0 Å². The summed E-state index contributed by atoms with van der Waals surface area (Å²) in [5, 5.41) is 23.2. The molecule has 292 valence electrons. The maximum Gasteiger partial charge on any atom is 0.256 e. The van der Waals surface area contributed by atoms with E-state index in [0.29, 0.717) is 6.42 Å². The Morgan fingerprint density at radius 3 is 1.95 bits per heavy atom. The molecule has 0 saturated heterocycles. The van der Waals surface area contributed by atoms with Gasteiger partial charge in [0.25, 0.3) is 11.8 Å². The third-order valence-electron chi connectivity index (χ3n) is 9.38. The zero-order chi connectivity index (χ0) is 40.2. The quantitative estimate of drug-likeness (QED) is 0.0935. The SMILES string of the molecule is CC(C)[C@H](NC(=O)CCC(O)(CCc1ccccc1)C(=O)Nc1cc(C(=O)N[C@H](C)c2ccccc2)cc(N(C)S(C)(=O)=O)c1)C(=O)NCc1ccccc1.